The van der Waals surface area contributed by atoms with Gasteiger partial charge in [-0.25, -0.2) is 9.97 Å². The predicted molar refractivity (Wildman–Crippen MR) is 119 cm³/mol. The smallest absolute Gasteiger partial charge is 0.225 e. The summed E-state index contributed by atoms with van der Waals surface area (Å²) in [6, 6.07) is 0. The first-order valence-corrected chi connectivity index (χ1v) is 12.3. The van der Waals surface area contributed by atoms with Crippen molar-refractivity contribution in [1.29, 1.82) is 0 Å². The van der Waals surface area contributed by atoms with Crippen molar-refractivity contribution < 1.29 is 4.79 Å². The molecule has 0 radical (unpaired) electrons. The minimum absolute atomic E-state index is 0.318. The van der Waals surface area contributed by atoms with Crippen LogP contribution in [0.15, 0.2) is 0 Å². The zero-order valence-electron chi connectivity index (χ0n) is 17.7. The van der Waals surface area contributed by atoms with Crippen LogP contribution < -0.4 is 4.90 Å². The molecule has 3 heterocycles. The first kappa shape index (κ1) is 19.3. The summed E-state index contributed by atoms with van der Waals surface area (Å²) in [6.07, 6.45) is 9.04. The number of thiophene rings is 1. The van der Waals surface area contributed by atoms with E-state index in [1.807, 2.05) is 11.3 Å². The highest BCUT2D eigenvalue weighted by molar-refractivity contribution is 7.19. The van der Waals surface area contributed by atoms with Crippen LogP contribution in [0.25, 0.3) is 10.2 Å². The van der Waals surface area contributed by atoms with Gasteiger partial charge in [0.15, 0.2) is 0 Å². The number of hydrogen-bond donors (Lipinski definition) is 0. The Morgan fingerprint density at radius 3 is 2.66 bits per heavy atom. The fraction of sp³-hybridized carbons (Fsp3) is 0.696. The van der Waals surface area contributed by atoms with E-state index >= 15 is 0 Å². The highest BCUT2D eigenvalue weighted by atomic mass is 32.1. The summed E-state index contributed by atoms with van der Waals surface area (Å²) in [5.74, 6) is 3.61. The van der Waals surface area contributed by atoms with Crippen LogP contribution in [0.3, 0.4) is 0 Å². The summed E-state index contributed by atoms with van der Waals surface area (Å²) in [7, 11) is 0. The van der Waals surface area contributed by atoms with Gasteiger partial charge in [0.1, 0.15) is 16.5 Å². The third-order valence-electron chi connectivity index (χ3n) is 6.75. The Kier molecular flexibility index (Phi) is 5.23. The van der Waals surface area contributed by atoms with E-state index in [-0.39, 0.29) is 0 Å². The van der Waals surface area contributed by atoms with E-state index in [0.717, 1.165) is 82.3 Å². The van der Waals surface area contributed by atoms with Crippen molar-refractivity contribution in [2.45, 2.75) is 65.2 Å². The van der Waals surface area contributed by atoms with Crippen molar-refractivity contribution in [2.75, 3.05) is 31.1 Å². The molecule has 1 unspecified atom stereocenters. The average molecular weight is 413 g/mol. The molecule has 2 aromatic heterocycles. The Labute approximate surface area is 177 Å². The van der Waals surface area contributed by atoms with Crippen molar-refractivity contribution in [3.63, 3.8) is 0 Å². The normalized spacial score (nSPS) is 22.2. The number of nitrogens with zero attached hydrogens (tertiary/aromatic N) is 4. The second-order valence-corrected chi connectivity index (χ2v) is 10.3. The third kappa shape index (κ3) is 3.76. The van der Waals surface area contributed by atoms with Crippen molar-refractivity contribution in [1.82, 2.24) is 14.9 Å². The second kappa shape index (κ2) is 7.86. The molecule has 0 spiro atoms. The summed E-state index contributed by atoms with van der Waals surface area (Å²) in [6.45, 7) is 8.02. The standard InChI is InChI=1S/C23H32N4OS/c1-3-4-5-19-24-21(26-10-12-27(13-11-26)23(28)16-7-8-16)20-17-9-6-15(2)14-18(17)29-22(20)25-19/h15-16H,3-14H2,1-2H3. The van der Waals surface area contributed by atoms with Crippen molar-refractivity contribution in [2.24, 2.45) is 11.8 Å². The van der Waals surface area contributed by atoms with Gasteiger partial charge in [0, 0.05) is 43.4 Å². The van der Waals surface area contributed by atoms with Gasteiger partial charge in [0.05, 0.1) is 5.39 Å². The minimum Gasteiger partial charge on any atom is -0.352 e. The Hall–Kier alpha value is -1.69. The molecule has 5 rings (SSSR count). The SMILES string of the molecule is CCCCc1nc(N2CCN(C(=O)C3CC3)CC2)c2c3c(sc2n1)CC(C)CC3. The number of fused-ring (bicyclic) bond motifs is 3. The number of hydrogen-bond acceptors (Lipinski definition) is 5. The zero-order chi connectivity index (χ0) is 20.0. The van der Waals surface area contributed by atoms with E-state index in [9.17, 15) is 4.79 Å². The van der Waals surface area contributed by atoms with Gasteiger partial charge >= 0.3 is 0 Å². The summed E-state index contributed by atoms with van der Waals surface area (Å²) in [5.41, 5.74) is 1.51. The molecule has 1 saturated heterocycles. The quantitative estimate of drug-likeness (QED) is 0.738. The molecule has 2 aromatic rings. The van der Waals surface area contributed by atoms with Crippen LogP contribution in [0, 0.1) is 11.8 Å². The molecule has 0 bridgehead atoms. The Morgan fingerprint density at radius 2 is 1.93 bits per heavy atom. The first-order valence-electron chi connectivity index (χ1n) is 11.5. The largest absolute Gasteiger partial charge is 0.352 e. The van der Waals surface area contributed by atoms with Gasteiger partial charge in [0.2, 0.25) is 5.91 Å². The van der Waals surface area contributed by atoms with Crippen molar-refractivity contribution in [3.8, 4) is 0 Å². The molecular weight excluding hydrogens is 380 g/mol. The maximum Gasteiger partial charge on any atom is 0.225 e. The molecule has 29 heavy (non-hydrogen) atoms. The number of amides is 1. The topological polar surface area (TPSA) is 49.3 Å². The van der Waals surface area contributed by atoms with Crippen LogP contribution in [0.1, 0.15) is 62.2 Å². The molecule has 0 N–H and O–H groups in total. The van der Waals surface area contributed by atoms with Gasteiger partial charge in [-0.1, -0.05) is 20.3 Å². The molecule has 156 valence electrons. The van der Waals surface area contributed by atoms with Crippen LogP contribution >= 0.6 is 11.3 Å². The monoisotopic (exact) mass is 412 g/mol. The molecule has 2 aliphatic carbocycles. The predicted octanol–water partition coefficient (Wildman–Crippen LogP) is 4.22. The number of carbonyl (C=O) groups excluding carboxylic acids is 1. The number of aryl methyl sites for hydroxylation is 2. The number of rotatable bonds is 5. The molecular formula is C23H32N4OS. The molecule has 3 aliphatic rings. The highest BCUT2D eigenvalue weighted by Crippen LogP contribution is 2.41. The summed E-state index contributed by atoms with van der Waals surface area (Å²) >= 11 is 1.90. The van der Waals surface area contributed by atoms with Crippen LogP contribution in [-0.4, -0.2) is 47.0 Å². The molecule has 1 saturated carbocycles. The van der Waals surface area contributed by atoms with E-state index in [1.54, 1.807) is 0 Å². The van der Waals surface area contributed by atoms with Crippen LogP contribution in [0.2, 0.25) is 0 Å². The number of aromatic nitrogens is 2. The van der Waals surface area contributed by atoms with Gasteiger partial charge < -0.3 is 9.80 Å². The molecule has 2 fully saturated rings. The van der Waals surface area contributed by atoms with Gasteiger partial charge in [-0.05, 0) is 50.0 Å². The lowest BCUT2D eigenvalue weighted by molar-refractivity contribution is -0.132. The van der Waals surface area contributed by atoms with Gasteiger partial charge in [-0.15, -0.1) is 11.3 Å². The number of carbonyl (C=O) groups is 1. The Balaban J connectivity index is 1.47. The van der Waals surface area contributed by atoms with Crippen LogP contribution in [-0.2, 0) is 24.1 Å². The number of unbranched alkanes of at least 4 members (excludes halogenated alkanes) is 1. The lowest BCUT2D eigenvalue weighted by Gasteiger charge is -2.36. The summed E-state index contributed by atoms with van der Waals surface area (Å²) in [4.78, 5) is 29.8. The average Bonchev–Trinajstić information content (AvgIpc) is 3.52. The maximum absolute atomic E-state index is 12.5. The summed E-state index contributed by atoms with van der Waals surface area (Å²) in [5, 5.41) is 1.32. The molecule has 1 amide bonds. The maximum atomic E-state index is 12.5. The fourth-order valence-corrected chi connectivity index (χ4v) is 6.16. The zero-order valence-corrected chi connectivity index (χ0v) is 18.6. The van der Waals surface area contributed by atoms with Gasteiger partial charge in [-0.3, -0.25) is 4.79 Å². The Bertz CT molecular complexity index is 911. The third-order valence-corrected chi connectivity index (χ3v) is 7.90. The van der Waals surface area contributed by atoms with Crippen LogP contribution in [0.5, 0.6) is 0 Å². The molecule has 5 nitrogen and oxygen atoms in total. The van der Waals surface area contributed by atoms with E-state index in [1.165, 1.54) is 33.5 Å². The first-order chi connectivity index (χ1) is 14.1. The fourth-order valence-electron chi connectivity index (χ4n) is 4.77. The number of piperazine rings is 1. The van der Waals surface area contributed by atoms with E-state index in [2.05, 4.69) is 23.6 Å². The lowest BCUT2D eigenvalue weighted by atomic mass is 9.89. The van der Waals surface area contributed by atoms with Crippen molar-refractivity contribution in [3.05, 3.63) is 16.3 Å². The van der Waals surface area contributed by atoms with E-state index in [0.29, 0.717) is 11.8 Å². The number of anilines is 1. The van der Waals surface area contributed by atoms with E-state index in [4.69, 9.17) is 9.97 Å². The lowest BCUT2D eigenvalue weighted by Crippen LogP contribution is -2.49. The molecule has 6 heteroatoms. The molecule has 0 aromatic carbocycles. The highest BCUT2D eigenvalue weighted by Gasteiger charge is 2.35. The van der Waals surface area contributed by atoms with Gasteiger partial charge in [0.25, 0.3) is 0 Å². The Morgan fingerprint density at radius 1 is 1.14 bits per heavy atom. The minimum atomic E-state index is 0.318. The summed E-state index contributed by atoms with van der Waals surface area (Å²) < 4.78 is 0. The second-order valence-electron chi connectivity index (χ2n) is 9.19. The van der Waals surface area contributed by atoms with Crippen molar-refractivity contribution >= 4 is 33.3 Å². The van der Waals surface area contributed by atoms with Crippen LogP contribution in [0.4, 0.5) is 5.82 Å². The van der Waals surface area contributed by atoms with Gasteiger partial charge in [-0.2, -0.15) is 0 Å². The molecule has 1 atom stereocenters. The van der Waals surface area contributed by atoms with E-state index < -0.39 is 0 Å². The molecule has 1 aliphatic heterocycles.